The Labute approximate surface area is 260 Å². The summed E-state index contributed by atoms with van der Waals surface area (Å²) in [6.07, 6.45) is 5.81. The summed E-state index contributed by atoms with van der Waals surface area (Å²) in [5, 5.41) is 3.51. The molecule has 2 fully saturated rings. The van der Waals surface area contributed by atoms with Crippen molar-refractivity contribution in [1.82, 2.24) is 40.0 Å². The minimum Gasteiger partial charge on any atom is -0.436 e. The molecule has 6 aromatic rings. The van der Waals surface area contributed by atoms with Crippen molar-refractivity contribution in [2.75, 3.05) is 27.2 Å². The second kappa shape index (κ2) is 11.3. The molecule has 8 rings (SSSR count). The first-order chi connectivity index (χ1) is 22.0. The van der Waals surface area contributed by atoms with Crippen LogP contribution in [0.2, 0.25) is 0 Å². The second-order valence-electron chi connectivity index (χ2n) is 12.3. The third-order valence-electron chi connectivity index (χ3n) is 9.16. The third kappa shape index (κ3) is 5.00. The number of hydrogen-bond donors (Lipinski definition) is 3. The number of amides is 1. The van der Waals surface area contributed by atoms with Crippen LogP contribution in [0.1, 0.15) is 61.0 Å². The molecule has 3 aromatic heterocycles. The minimum atomic E-state index is -0.346. The molecule has 1 amide bonds. The number of aromatic nitrogens is 5. The first-order valence-electron chi connectivity index (χ1n) is 15.7. The predicted molar refractivity (Wildman–Crippen MR) is 173 cm³/mol. The van der Waals surface area contributed by atoms with E-state index in [9.17, 15) is 4.79 Å². The predicted octanol–water partition coefficient (Wildman–Crippen LogP) is 6.15. The van der Waals surface area contributed by atoms with Gasteiger partial charge in [-0.15, -0.1) is 0 Å². The number of rotatable bonds is 7. The number of nitrogens with zero attached hydrogens (tertiary/aromatic N) is 5. The van der Waals surface area contributed by atoms with Crippen LogP contribution in [0.25, 0.3) is 44.8 Å². The number of nitrogens with one attached hydrogen (secondary N) is 3. The molecule has 45 heavy (non-hydrogen) atoms. The molecule has 3 aromatic carbocycles. The quantitative estimate of drug-likeness (QED) is 0.201. The molecule has 3 atom stereocenters. The van der Waals surface area contributed by atoms with E-state index in [1.165, 1.54) is 0 Å². The number of oxazole rings is 1. The Bertz CT molecular complexity index is 1980. The van der Waals surface area contributed by atoms with Gasteiger partial charge in [-0.25, -0.2) is 15.0 Å². The van der Waals surface area contributed by atoms with Crippen molar-refractivity contribution in [3.8, 4) is 22.8 Å². The number of carbonyl (C=O) groups excluding carboxylic acids is 1. The highest BCUT2D eigenvalue weighted by Crippen LogP contribution is 2.36. The Morgan fingerprint density at radius 3 is 2.64 bits per heavy atom. The Balaban J connectivity index is 1.06. The Morgan fingerprint density at radius 2 is 1.82 bits per heavy atom. The highest BCUT2D eigenvalue weighted by molar-refractivity contribution is 5.90. The van der Waals surface area contributed by atoms with Crippen LogP contribution in [-0.2, 0) is 4.79 Å². The number of H-pyrrole nitrogens is 2. The van der Waals surface area contributed by atoms with Gasteiger partial charge in [-0.1, -0.05) is 36.4 Å². The fourth-order valence-electron chi connectivity index (χ4n) is 6.95. The number of carbonyl (C=O) groups is 1. The van der Waals surface area contributed by atoms with E-state index in [1.807, 2.05) is 90.6 Å². The van der Waals surface area contributed by atoms with E-state index >= 15 is 0 Å². The fraction of sp³-hybridized carbons (Fsp3) is 0.314. The van der Waals surface area contributed by atoms with Crippen molar-refractivity contribution in [1.29, 1.82) is 0 Å². The second-order valence-corrected chi connectivity index (χ2v) is 12.3. The number of aromatic amines is 2. The molecule has 0 radical (unpaired) electrons. The summed E-state index contributed by atoms with van der Waals surface area (Å²) in [5.74, 6) is 3.08. The van der Waals surface area contributed by atoms with E-state index in [0.717, 1.165) is 82.6 Å². The van der Waals surface area contributed by atoms with Gasteiger partial charge in [-0.2, -0.15) is 0 Å². The molecule has 2 saturated heterocycles. The van der Waals surface area contributed by atoms with Gasteiger partial charge in [-0.3, -0.25) is 9.69 Å². The summed E-state index contributed by atoms with van der Waals surface area (Å²) < 4.78 is 6.32. The van der Waals surface area contributed by atoms with Gasteiger partial charge in [0.25, 0.3) is 0 Å². The first-order valence-corrected chi connectivity index (χ1v) is 15.7. The standard InChI is InChI=1S/C35H36N8O2/c1-42(2)31(21-9-4-3-5-10-21)35(44)43-18-8-14-28(43)33-38-24-16-15-22(19-27(24)40-33)29-20-37-34(45-29)23-11-6-12-25-30(23)41-32(39-25)26-13-7-17-36-26/h3-6,9-12,15-16,19-20,26,28,31,36H,7-8,13-14,17-18H2,1-2H3,(H,38,40)(H,39,41)/t26-,28-,31+/m0/s1. The Hall–Kier alpha value is -4.80. The van der Waals surface area contributed by atoms with Crippen LogP contribution < -0.4 is 5.32 Å². The van der Waals surface area contributed by atoms with Crippen LogP contribution in [0.5, 0.6) is 0 Å². The largest absolute Gasteiger partial charge is 0.436 e. The van der Waals surface area contributed by atoms with E-state index in [-0.39, 0.29) is 24.0 Å². The highest BCUT2D eigenvalue weighted by atomic mass is 16.4. The molecule has 0 spiro atoms. The van der Waals surface area contributed by atoms with E-state index in [4.69, 9.17) is 14.4 Å². The molecule has 0 aliphatic carbocycles. The summed E-state index contributed by atoms with van der Waals surface area (Å²) >= 11 is 0. The molecule has 0 bridgehead atoms. The molecule has 2 aliphatic heterocycles. The van der Waals surface area contributed by atoms with Gasteiger partial charge in [-0.05, 0) is 82.2 Å². The molecule has 0 saturated carbocycles. The molecule has 10 heteroatoms. The van der Waals surface area contributed by atoms with Crippen molar-refractivity contribution in [2.24, 2.45) is 0 Å². The molecule has 10 nitrogen and oxygen atoms in total. The van der Waals surface area contributed by atoms with Crippen molar-refractivity contribution in [3.05, 3.63) is 90.1 Å². The third-order valence-corrected chi connectivity index (χ3v) is 9.16. The molecular formula is C35H36N8O2. The SMILES string of the molecule is CN(C)[C@@H](C(=O)N1CCC[C@H]1c1nc2ccc(-c3cnc(-c4cccc5[nH]c([C@@H]6CCCN6)nc45)o3)cc2[nH]1)c1ccccc1. The van der Waals surface area contributed by atoms with Gasteiger partial charge >= 0.3 is 0 Å². The average molecular weight is 601 g/mol. The molecular weight excluding hydrogens is 564 g/mol. The number of likely N-dealkylation sites (N-methyl/N-ethyl adjacent to an activating group) is 1. The van der Waals surface area contributed by atoms with Crippen molar-refractivity contribution >= 4 is 28.0 Å². The Kier molecular flexibility index (Phi) is 6.95. The lowest BCUT2D eigenvalue weighted by molar-refractivity contribution is -0.137. The summed E-state index contributed by atoms with van der Waals surface area (Å²) in [7, 11) is 3.91. The van der Waals surface area contributed by atoms with Crippen LogP contribution in [0.4, 0.5) is 0 Å². The number of benzene rings is 3. The molecule has 0 unspecified atom stereocenters. The molecule has 228 valence electrons. The van der Waals surface area contributed by atoms with Crippen LogP contribution in [-0.4, -0.2) is 67.8 Å². The van der Waals surface area contributed by atoms with Gasteiger partial charge < -0.3 is 24.6 Å². The average Bonchev–Trinajstić information content (AvgIpc) is 3.89. The van der Waals surface area contributed by atoms with Crippen molar-refractivity contribution in [2.45, 2.75) is 43.8 Å². The van der Waals surface area contributed by atoms with Gasteiger partial charge in [0.1, 0.15) is 23.2 Å². The fourth-order valence-corrected chi connectivity index (χ4v) is 6.95. The first kappa shape index (κ1) is 27.7. The zero-order valence-corrected chi connectivity index (χ0v) is 25.5. The summed E-state index contributed by atoms with van der Waals surface area (Å²) in [6, 6.07) is 21.9. The number of hydrogen-bond acceptors (Lipinski definition) is 7. The number of likely N-dealkylation sites (tertiary alicyclic amines) is 1. The monoisotopic (exact) mass is 600 g/mol. The maximum Gasteiger partial charge on any atom is 0.245 e. The lowest BCUT2D eigenvalue weighted by Crippen LogP contribution is -2.40. The van der Waals surface area contributed by atoms with Crippen LogP contribution >= 0.6 is 0 Å². The van der Waals surface area contributed by atoms with E-state index < -0.39 is 0 Å². The number of fused-ring (bicyclic) bond motifs is 2. The van der Waals surface area contributed by atoms with E-state index in [1.54, 1.807) is 6.20 Å². The number of imidazole rings is 2. The van der Waals surface area contributed by atoms with Gasteiger partial charge in [0.05, 0.1) is 40.4 Å². The smallest absolute Gasteiger partial charge is 0.245 e. The highest BCUT2D eigenvalue weighted by Gasteiger charge is 2.37. The summed E-state index contributed by atoms with van der Waals surface area (Å²) in [6.45, 7) is 1.73. The van der Waals surface area contributed by atoms with Gasteiger partial charge in [0, 0.05) is 12.1 Å². The van der Waals surface area contributed by atoms with Gasteiger partial charge in [0.2, 0.25) is 11.8 Å². The lowest BCUT2D eigenvalue weighted by atomic mass is 10.0. The lowest BCUT2D eigenvalue weighted by Gasteiger charge is -2.31. The molecule has 3 N–H and O–H groups in total. The molecule has 5 heterocycles. The maximum absolute atomic E-state index is 13.9. The molecule has 2 aliphatic rings. The summed E-state index contributed by atoms with van der Waals surface area (Å²) in [5.41, 5.74) is 6.35. The van der Waals surface area contributed by atoms with E-state index in [0.29, 0.717) is 18.2 Å². The van der Waals surface area contributed by atoms with E-state index in [2.05, 4.69) is 20.3 Å². The van der Waals surface area contributed by atoms with Crippen LogP contribution in [0.15, 0.2) is 77.3 Å². The normalized spacial score (nSPS) is 19.3. The van der Waals surface area contributed by atoms with Crippen molar-refractivity contribution < 1.29 is 9.21 Å². The maximum atomic E-state index is 13.9. The minimum absolute atomic E-state index is 0.0996. The Morgan fingerprint density at radius 1 is 0.956 bits per heavy atom. The number of para-hydroxylation sites is 1. The van der Waals surface area contributed by atoms with Gasteiger partial charge in [0.15, 0.2) is 5.76 Å². The zero-order chi connectivity index (χ0) is 30.5. The summed E-state index contributed by atoms with van der Waals surface area (Å²) in [4.78, 5) is 39.4. The van der Waals surface area contributed by atoms with Crippen LogP contribution in [0.3, 0.4) is 0 Å². The topological polar surface area (TPSA) is 119 Å². The zero-order valence-electron chi connectivity index (χ0n) is 25.5. The van der Waals surface area contributed by atoms with Crippen LogP contribution in [0, 0.1) is 0 Å². The van der Waals surface area contributed by atoms with Crippen molar-refractivity contribution in [3.63, 3.8) is 0 Å².